The molecule has 0 saturated heterocycles. The molecule has 0 aliphatic heterocycles. The summed E-state index contributed by atoms with van der Waals surface area (Å²) in [6.07, 6.45) is 2.28. The van der Waals surface area contributed by atoms with E-state index in [0.717, 1.165) is 37.4 Å². The van der Waals surface area contributed by atoms with Gasteiger partial charge in [0.2, 0.25) is 0 Å². The Balaban J connectivity index is 2.09. The molecule has 0 fully saturated rings. The van der Waals surface area contributed by atoms with Crippen molar-refractivity contribution in [1.29, 1.82) is 0 Å². The number of methoxy groups -OCH3 is 1. The van der Waals surface area contributed by atoms with Crippen LogP contribution in [0.5, 0.6) is 5.75 Å². The minimum absolute atomic E-state index is 0.665. The van der Waals surface area contributed by atoms with Crippen LogP contribution in [0.3, 0.4) is 0 Å². The Morgan fingerprint density at radius 2 is 2.12 bits per heavy atom. The molecule has 1 rings (SSSR count). The quantitative estimate of drug-likeness (QED) is 0.670. The van der Waals surface area contributed by atoms with Crippen molar-refractivity contribution in [2.45, 2.75) is 26.4 Å². The molecule has 1 aromatic rings. The van der Waals surface area contributed by atoms with Crippen LogP contribution in [-0.4, -0.2) is 26.8 Å². The van der Waals surface area contributed by atoms with Gasteiger partial charge in [0.1, 0.15) is 5.75 Å². The molecule has 3 nitrogen and oxygen atoms in total. The molecular formula is C14H23NO2. The van der Waals surface area contributed by atoms with Crippen LogP contribution in [0.25, 0.3) is 0 Å². The molecule has 96 valence electrons. The minimum atomic E-state index is 0.665. The van der Waals surface area contributed by atoms with Gasteiger partial charge >= 0.3 is 0 Å². The van der Waals surface area contributed by atoms with E-state index in [0.29, 0.717) is 6.61 Å². The maximum atomic E-state index is 5.62. The highest BCUT2D eigenvalue weighted by atomic mass is 16.5. The second-order valence-corrected chi connectivity index (χ2v) is 3.96. The SMILES string of the molecule is CCNCCCCOCc1cccc(OC)c1. The third kappa shape index (κ3) is 6.29. The molecule has 0 spiro atoms. The molecule has 3 heteroatoms. The van der Waals surface area contributed by atoms with Crippen molar-refractivity contribution >= 4 is 0 Å². The molecule has 0 unspecified atom stereocenters. The van der Waals surface area contributed by atoms with Gasteiger partial charge in [-0.25, -0.2) is 0 Å². The Labute approximate surface area is 104 Å². The lowest BCUT2D eigenvalue weighted by molar-refractivity contribution is 0.117. The molecule has 0 atom stereocenters. The number of ether oxygens (including phenoxy) is 2. The van der Waals surface area contributed by atoms with Gasteiger partial charge in [-0.2, -0.15) is 0 Å². The van der Waals surface area contributed by atoms with E-state index in [2.05, 4.69) is 18.3 Å². The zero-order valence-corrected chi connectivity index (χ0v) is 10.9. The van der Waals surface area contributed by atoms with Gasteiger partial charge in [-0.15, -0.1) is 0 Å². The zero-order chi connectivity index (χ0) is 12.3. The first-order valence-corrected chi connectivity index (χ1v) is 6.28. The highest BCUT2D eigenvalue weighted by molar-refractivity contribution is 5.27. The van der Waals surface area contributed by atoms with E-state index in [4.69, 9.17) is 9.47 Å². The van der Waals surface area contributed by atoms with Crippen LogP contribution >= 0.6 is 0 Å². The fourth-order valence-electron chi connectivity index (χ4n) is 1.58. The number of hydrogen-bond acceptors (Lipinski definition) is 3. The molecule has 1 aromatic carbocycles. The lowest BCUT2D eigenvalue weighted by atomic mass is 10.2. The Bertz CT molecular complexity index is 302. The van der Waals surface area contributed by atoms with Crippen molar-refractivity contribution in [2.75, 3.05) is 26.8 Å². The normalized spacial score (nSPS) is 10.5. The Kier molecular flexibility index (Phi) is 7.43. The van der Waals surface area contributed by atoms with Gasteiger partial charge in [-0.05, 0) is 43.6 Å². The lowest BCUT2D eigenvalue weighted by Crippen LogP contribution is -2.14. The standard InChI is InChI=1S/C14H23NO2/c1-3-15-9-4-5-10-17-12-13-7-6-8-14(11-13)16-2/h6-8,11,15H,3-5,9-10,12H2,1-2H3. The van der Waals surface area contributed by atoms with Crippen LogP contribution in [0.4, 0.5) is 0 Å². The van der Waals surface area contributed by atoms with E-state index >= 15 is 0 Å². The predicted molar refractivity (Wildman–Crippen MR) is 70.4 cm³/mol. The first-order chi connectivity index (χ1) is 8.36. The summed E-state index contributed by atoms with van der Waals surface area (Å²) in [6.45, 7) is 5.74. The van der Waals surface area contributed by atoms with E-state index in [1.165, 1.54) is 6.42 Å². The molecule has 1 N–H and O–H groups in total. The van der Waals surface area contributed by atoms with E-state index in [9.17, 15) is 0 Å². The molecule has 0 bridgehead atoms. The number of nitrogens with one attached hydrogen (secondary N) is 1. The van der Waals surface area contributed by atoms with Crippen molar-refractivity contribution in [1.82, 2.24) is 5.32 Å². The smallest absolute Gasteiger partial charge is 0.119 e. The van der Waals surface area contributed by atoms with E-state index < -0.39 is 0 Å². The summed E-state index contributed by atoms with van der Waals surface area (Å²) in [5.74, 6) is 0.887. The van der Waals surface area contributed by atoms with Crippen molar-refractivity contribution in [3.05, 3.63) is 29.8 Å². The van der Waals surface area contributed by atoms with Crippen LogP contribution in [0.15, 0.2) is 24.3 Å². The molecule has 17 heavy (non-hydrogen) atoms. The topological polar surface area (TPSA) is 30.5 Å². The summed E-state index contributed by atoms with van der Waals surface area (Å²) in [7, 11) is 1.68. The van der Waals surface area contributed by atoms with Crippen molar-refractivity contribution in [2.24, 2.45) is 0 Å². The van der Waals surface area contributed by atoms with Gasteiger partial charge in [0.25, 0.3) is 0 Å². The molecule has 0 heterocycles. The number of unbranched alkanes of at least 4 members (excludes halogenated alkanes) is 1. The van der Waals surface area contributed by atoms with Gasteiger partial charge in [0, 0.05) is 6.61 Å². The van der Waals surface area contributed by atoms with Crippen molar-refractivity contribution in [3.63, 3.8) is 0 Å². The number of benzene rings is 1. The first kappa shape index (κ1) is 14.0. The Morgan fingerprint density at radius 1 is 1.24 bits per heavy atom. The monoisotopic (exact) mass is 237 g/mol. The highest BCUT2D eigenvalue weighted by Gasteiger charge is 1.96. The Morgan fingerprint density at radius 3 is 2.88 bits per heavy atom. The average Bonchev–Trinajstić information content (AvgIpc) is 2.38. The molecule has 0 aliphatic rings. The molecule has 0 amide bonds. The summed E-state index contributed by atoms with van der Waals surface area (Å²) in [5.41, 5.74) is 1.16. The fraction of sp³-hybridized carbons (Fsp3) is 0.571. The van der Waals surface area contributed by atoms with Crippen LogP contribution in [0.1, 0.15) is 25.3 Å². The van der Waals surface area contributed by atoms with Gasteiger partial charge < -0.3 is 14.8 Å². The summed E-state index contributed by atoms with van der Waals surface area (Å²) >= 11 is 0. The first-order valence-electron chi connectivity index (χ1n) is 6.28. The lowest BCUT2D eigenvalue weighted by Gasteiger charge is -2.06. The van der Waals surface area contributed by atoms with E-state index in [1.807, 2.05) is 18.2 Å². The molecule has 0 radical (unpaired) electrons. The molecule has 0 saturated carbocycles. The van der Waals surface area contributed by atoms with Crippen LogP contribution in [0, 0.1) is 0 Å². The van der Waals surface area contributed by atoms with Crippen LogP contribution in [-0.2, 0) is 11.3 Å². The molecular weight excluding hydrogens is 214 g/mol. The fourth-order valence-corrected chi connectivity index (χ4v) is 1.58. The van der Waals surface area contributed by atoms with E-state index in [-0.39, 0.29) is 0 Å². The minimum Gasteiger partial charge on any atom is -0.497 e. The van der Waals surface area contributed by atoms with Crippen molar-refractivity contribution in [3.8, 4) is 5.75 Å². The largest absolute Gasteiger partial charge is 0.497 e. The van der Waals surface area contributed by atoms with Crippen molar-refractivity contribution < 1.29 is 9.47 Å². The number of rotatable bonds is 9. The van der Waals surface area contributed by atoms with Gasteiger partial charge in [0.15, 0.2) is 0 Å². The van der Waals surface area contributed by atoms with Gasteiger partial charge in [0.05, 0.1) is 13.7 Å². The summed E-state index contributed by atoms with van der Waals surface area (Å²) in [5, 5.41) is 3.30. The summed E-state index contributed by atoms with van der Waals surface area (Å²) < 4.78 is 10.8. The molecule has 0 aromatic heterocycles. The predicted octanol–water partition coefficient (Wildman–Crippen LogP) is 2.60. The zero-order valence-electron chi connectivity index (χ0n) is 10.9. The van der Waals surface area contributed by atoms with Gasteiger partial charge in [-0.1, -0.05) is 19.1 Å². The second kappa shape index (κ2) is 9.02. The maximum Gasteiger partial charge on any atom is 0.119 e. The van der Waals surface area contributed by atoms with Crippen LogP contribution in [0.2, 0.25) is 0 Å². The Hall–Kier alpha value is -1.06. The summed E-state index contributed by atoms with van der Waals surface area (Å²) in [6, 6.07) is 8.00. The average molecular weight is 237 g/mol. The number of hydrogen-bond donors (Lipinski definition) is 1. The van der Waals surface area contributed by atoms with E-state index in [1.54, 1.807) is 7.11 Å². The third-order valence-corrected chi connectivity index (χ3v) is 2.55. The second-order valence-electron chi connectivity index (χ2n) is 3.96. The third-order valence-electron chi connectivity index (χ3n) is 2.55. The van der Waals surface area contributed by atoms with Gasteiger partial charge in [-0.3, -0.25) is 0 Å². The molecule has 0 aliphatic carbocycles. The highest BCUT2D eigenvalue weighted by Crippen LogP contribution is 2.13. The summed E-state index contributed by atoms with van der Waals surface area (Å²) in [4.78, 5) is 0. The van der Waals surface area contributed by atoms with Crippen LogP contribution < -0.4 is 10.1 Å². The maximum absolute atomic E-state index is 5.62.